The average Bonchev–Trinajstić information content (AvgIpc) is 3.28. The van der Waals surface area contributed by atoms with E-state index in [1.54, 1.807) is 11.8 Å². The number of aromatic nitrogens is 2. The lowest BCUT2D eigenvalue weighted by Gasteiger charge is -2.32. The molecule has 1 aliphatic heterocycles. The Morgan fingerprint density at radius 2 is 1.83 bits per heavy atom. The van der Waals surface area contributed by atoms with Crippen molar-refractivity contribution in [1.82, 2.24) is 14.3 Å². The van der Waals surface area contributed by atoms with Crippen LogP contribution in [0.5, 0.6) is 0 Å². The van der Waals surface area contributed by atoms with E-state index in [0.717, 1.165) is 53.4 Å². The van der Waals surface area contributed by atoms with Crippen molar-refractivity contribution in [3.05, 3.63) is 78.8 Å². The van der Waals surface area contributed by atoms with Crippen LogP contribution in [0, 0.1) is 0 Å². The molecule has 3 heterocycles. The number of rotatable bonds is 5. The lowest BCUT2D eigenvalue weighted by atomic mass is 9.97. The molecule has 6 nitrogen and oxygen atoms in total. The summed E-state index contributed by atoms with van der Waals surface area (Å²) >= 11 is 1.74. The second-order valence-corrected chi connectivity index (χ2v) is 9.98. The van der Waals surface area contributed by atoms with Gasteiger partial charge in [0.15, 0.2) is 0 Å². The van der Waals surface area contributed by atoms with Gasteiger partial charge in [-0.15, -0.1) is 11.8 Å². The molecule has 35 heavy (non-hydrogen) atoms. The molecule has 0 bridgehead atoms. The highest BCUT2D eigenvalue weighted by Crippen LogP contribution is 2.36. The number of carbonyl (C=O) groups is 1. The zero-order chi connectivity index (χ0) is 24.4. The number of carbonyl (C=O) groups excluding carboxylic acids is 1. The van der Waals surface area contributed by atoms with Crippen molar-refractivity contribution in [3.8, 4) is 11.3 Å². The molecule has 1 atom stereocenters. The number of likely N-dealkylation sites (tertiary alicyclic amines) is 1. The number of nitrogens with zero attached hydrogens (tertiary/aromatic N) is 4. The molecule has 1 unspecified atom stereocenters. The van der Waals surface area contributed by atoms with E-state index in [2.05, 4.69) is 58.6 Å². The summed E-state index contributed by atoms with van der Waals surface area (Å²) in [4.78, 5) is 23.5. The van der Waals surface area contributed by atoms with Crippen molar-refractivity contribution in [2.45, 2.75) is 23.7 Å². The number of amides is 2. The van der Waals surface area contributed by atoms with Gasteiger partial charge in [-0.05, 0) is 61.6 Å². The third-order valence-electron chi connectivity index (χ3n) is 6.65. The fourth-order valence-electron chi connectivity index (χ4n) is 4.81. The normalized spacial score (nSPS) is 15.9. The van der Waals surface area contributed by atoms with E-state index < -0.39 is 0 Å². The highest BCUT2D eigenvalue weighted by atomic mass is 32.2. The molecule has 7 heteroatoms. The summed E-state index contributed by atoms with van der Waals surface area (Å²) in [6.45, 7) is 1.41. The lowest BCUT2D eigenvalue weighted by Crippen LogP contribution is -2.42. The number of piperidine rings is 1. The Bertz CT molecular complexity index is 1330. The molecule has 1 saturated heterocycles. The van der Waals surface area contributed by atoms with Crippen LogP contribution in [0.1, 0.15) is 24.6 Å². The van der Waals surface area contributed by atoms with Crippen molar-refractivity contribution < 1.29 is 4.79 Å². The number of imidazole rings is 1. The third-order valence-corrected chi connectivity index (χ3v) is 7.44. The Morgan fingerprint density at radius 3 is 2.60 bits per heavy atom. The second-order valence-electron chi connectivity index (χ2n) is 9.13. The molecule has 180 valence electrons. The number of fused-ring (bicyclic) bond motifs is 1. The predicted octanol–water partition coefficient (Wildman–Crippen LogP) is 6.20. The van der Waals surface area contributed by atoms with Crippen LogP contribution in [0.2, 0.25) is 0 Å². The van der Waals surface area contributed by atoms with Crippen LogP contribution in [-0.2, 0) is 0 Å². The number of hydrogen-bond donors (Lipinski definition) is 1. The largest absolute Gasteiger partial charge is 0.378 e. The van der Waals surface area contributed by atoms with Crippen LogP contribution in [0.25, 0.3) is 16.8 Å². The highest BCUT2D eigenvalue weighted by Gasteiger charge is 2.29. The Balaban J connectivity index is 1.40. The minimum absolute atomic E-state index is 0.0545. The number of urea groups is 1. The first-order valence-electron chi connectivity index (χ1n) is 12.0. The minimum atomic E-state index is -0.0545. The first-order chi connectivity index (χ1) is 17.0. The van der Waals surface area contributed by atoms with Crippen LogP contribution in [0.15, 0.2) is 77.8 Å². The van der Waals surface area contributed by atoms with Gasteiger partial charge in [-0.25, -0.2) is 9.78 Å². The molecule has 0 aliphatic carbocycles. The Morgan fingerprint density at radius 1 is 1.06 bits per heavy atom. The fourth-order valence-corrected chi connectivity index (χ4v) is 5.41. The Hall–Kier alpha value is -3.45. The van der Waals surface area contributed by atoms with Gasteiger partial charge in [0.2, 0.25) is 0 Å². The maximum Gasteiger partial charge on any atom is 0.321 e. The fraction of sp³-hybridized carbons (Fsp3) is 0.286. The van der Waals surface area contributed by atoms with Gasteiger partial charge < -0.3 is 19.5 Å². The van der Waals surface area contributed by atoms with Gasteiger partial charge in [0.25, 0.3) is 0 Å². The van der Waals surface area contributed by atoms with Crippen LogP contribution in [0.4, 0.5) is 16.2 Å². The van der Waals surface area contributed by atoms with Gasteiger partial charge in [-0.2, -0.15) is 0 Å². The van der Waals surface area contributed by atoms with Crippen molar-refractivity contribution in [2.24, 2.45) is 0 Å². The maximum atomic E-state index is 13.1. The quantitative estimate of drug-likeness (QED) is 0.342. The summed E-state index contributed by atoms with van der Waals surface area (Å²) in [5.74, 6) is 1.20. The van der Waals surface area contributed by atoms with Crippen LogP contribution in [-0.4, -0.2) is 53.8 Å². The van der Waals surface area contributed by atoms with Crippen LogP contribution < -0.4 is 10.2 Å². The average molecular weight is 486 g/mol. The summed E-state index contributed by atoms with van der Waals surface area (Å²) in [7, 11) is 4.01. The molecule has 0 spiro atoms. The number of nitrogens with one attached hydrogen (secondary N) is 1. The molecule has 5 rings (SSSR count). The van der Waals surface area contributed by atoms with Gasteiger partial charge >= 0.3 is 6.03 Å². The summed E-state index contributed by atoms with van der Waals surface area (Å²) < 4.78 is 2.21. The lowest BCUT2D eigenvalue weighted by molar-refractivity contribution is 0.191. The van der Waals surface area contributed by atoms with E-state index in [9.17, 15) is 4.79 Å². The first kappa shape index (κ1) is 23.3. The number of pyridine rings is 1. The van der Waals surface area contributed by atoms with E-state index in [-0.39, 0.29) is 11.9 Å². The molecule has 1 N–H and O–H groups in total. The second kappa shape index (κ2) is 10.0. The van der Waals surface area contributed by atoms with E-state index in [1.807, 2.05) is 54.2 Å². The zero-order valence-corrected chi connectivity index (χ0v) is 21.3. The Labute approximate surface area is 211 Å². The molecule has 4 aromatic rings. The molecule has 0 saturated carbocycles. The van der Waals surface area contributed by atoms with Gasteiger partial charge in [-0.1, -0.05) is 24.3 Å². The number of hydrogen-bond acceptors (Lipinski definition) is 4. The van der Waals surface area contributed by atoms with Gasteiger partial charge in [0.05, 0.1) is 11.2 Å². The molecule has 1 fully saturated rings. The standard InChI is InChI=1S/C28H31N5OS/c1-31(2)22-15-13-21(14-16-22)29-28(34)32-17-8-9-20(19-32)27-30-26(24-11-6-7-18-33(24)27)23-10-4-5-12-25(23)35-3/h4-7,10-16,18,20H,8-9,17,19H2,1-3H3,(H,29,34). The molecule has 2 aromatic carbocycles. The molecule has 1 aliphatic rings. The number of benzene rings is 2. The molecule has 2 aromatic heterocycles. The Kier molecular flexibility index (Phi) is 6.68. The van der Waals surface area contributed by atoms with Crippen molar-refractivity contribution in [2.75, 3.05) is 43.7 Å². The SMILES string of the molecule is CSc1ccccc1-c1nc(C2CCCN(C(=O)Nc3ccc(N(C)C)cc3)C2)n2ccccc12. The van der Waals surface area contributed by atoms with E-state index >= 15 is 0 Å². The molecular formula is C28H31N5OS. The van der Waals surface area contributed by atoms with E-state index in [1.165, 1.54) is 4.90 Å². The maximum absolute atomic E-state index is 13.1. The number of thioether (sulfide) groups is 1. The van der Waals surface area contributed by atoms with E-state index in [4.69, 9.17) is 4.98 Å². The van der Waals surface area contributed by atoms with Crippen molar-refractivity contribution in [3.63, 3.8) is 0 Å². The zero-order valence-electron chi connectivity index (χ0n) is 20.4. The molecule has 2 amide bonds. The van der Waals surface area contributed by atoms with Crippen LogP contribution >= 0.6 is 11.8 Å². The van der Waals surface area contributed by atoms with Gasteiger partial charge in [0, 0.05) is 61.1 Å². The first-order valence-corrected chi connectivity index (χ1v) is 13.2. The van der Waals surface area contributed by atoms with Gasteiger partial charge in [0.1, 0.15) is 5.82 Å². The van der Waals surface area contributed by atoms with Crippen molar-refractivity contribution in [1.29, 1.82) is 0 Å². The monoisotopic (exact) mass is 485 g/mol. The third kappa shape index (κ3) is 4.73. The van der Waals surface area contributed by atoms with Gasteiger partial charge in [-0.3, -0.25) is 0 Å². The minimum Gasteiger partial charge on any atom is -0.378 e. The van der Waals surface area contributed by atoms with Crippen LogP contribution in [0.3, 0.4) is 0 Å². The van der Waals surface area contributed by atoms with E-state index in [0.29, 0.717) is 6.54 Å². The smallest absolute Gasteiger partial charge is 0.321 e. The molecule has 0 radical (unpaired) electrons. The summed E-state index contributed by atoms with van der Waals surface area (Å²) in [5, 5.41) is 3.07. The summed E-state index contributed by atoms with van der Waals surface area (Å²) in [6.07, 6.45) is 6.16. The topological polar surface area (TPSA) is 52.9 Å². The number of anilines is 2. The predicted molar refractivity (Wildman–Crippen MR) is 146 cm³/mol. The van der Waals surface area contributed by atoms with Crippen molar-refractivity contribution >= 4 is 34.7 Å². The highest BCUT2D eigenvalue weighted by molar-refractivity contribution is 7.98. The molecular weight excluding hydrogens is 454 g/mol. The summed E-state index contributed by atoms with van der Waals surface area (Å²) in [5.41, 5.74) is 5.18. The summed E-state index contributed by atoms with van der Waals surface area (Å²) in [6, 6.07) is 22.5.